The van der Waals surface area contributed by atoms with Gasteiger partial charge in [-0.1, -0.05) is 37.3 Å². The van der Waals surface area contributed by atoms with Gasteiger partial charge in [-0.2, -0.15) is 0 Å². The summed E-state index contributed by atoms with van der Waals surface area (Å²) in [6.45, 7) is 5.71. The molecule has 1 saturated heterocycles. The van der Waals surface area contributed by atoms with E-state index in [1.54, 1.807) is 0 Å². The zero-order chi connectivity index (χ0) is 15.2. The molecule has 1 aliphatic heterocycles. The number of aryl methyl sites for hydroxylation is 1. The van der Waals surface area contributed by atoms with Crippen molar-refractivity contribution in [2.24, 2.45) is 0 Å². The molecular weight excluding hydrogens is 274 g/mol. The van der Waals surface area contributed by atoms with Crippen LogP contribution in [-0.4, -0.2) is 40.7 Å². The third-order valence-corrected chi connectivity index (χ3v) is 4.01. The van der Waals surface area contributed by atoms with Crippen LogP contribution in [0.25, 0.3) is 0 Å². The van der Waals surface area contributed by atoms with Crippen LogP contribution >= 0.6 is 0 Å². The van der Waals surface area contributed by atoms with Gasteiger partial charge in [0.15, 0.2) is 0 Å². The molecule has 0 unspecified atom stereocenters. The van der Waals surface area contributed by atoms with Crippen molar-refractivity contribution in [2.45, 2.75) is 32.4 Å². The Morgan fingerprint density at radius 1 is 1.14 bits per heavy atom. The second-order valence-corrected chi connectivity index (χ2v) is 5.78. The lowest BCUT2D eigenvalue weighted by atomic mass is 10.1. The zero-order valence-corrected chi connectivity index (χ0v) is 13.1. The van der Waals surface area contributed by atoms with Gasteiger partial charge in [0.1, 0.15) is 5.82 Å². The van der Waals surface area contributed by atoms with Gasteiger partial charge in [0.25, 0.3) is 0 Å². The fraction of sp³-hybridized carbons (Fsp3) is 0.444. The van der Waals surface area contributed by atoms with Gasteiger partial charge in [-0.05, 0) is 12.0 Å². The van der Waals surface area contributed by atoms with E-state index in [0.29, 0.717) is 0 Å². The third-order valence-electron chi connectivity index (χ3n) is 4.01. The minimum atomic E-state index is 0.270. The van der Waals surface area contributed by atoms with Gasteiger partial charge in [-0.25, -0.2) is 9.97 Å². The number of ether oxygens (including phenoxy) is 1. The van der Waals surface area contributed by atoms with Crippen molar-refractivity contribution in [3.63, 3.8) is 0 Å². The highest BCUT2D eigenvalue weighted by Gasteiger charge is 2.20. The lowest BCUT2D eigenvalue weighted by molar-refractivity contribution is -0.0305. The highest BCUT2D eigenvalue weighted by molar-refractivity contribution is 5.15. The Morgan fingerprint density at radius 2 is 1.91 bits per heavy atom. The predicted molar refractivity (Wildman–Crippen MR) is 86.6 cm³/mol. The Hall–Kier alpha value is -1.78. The highest BCUT2D eigenvalue weighted by Crippen LogP contribution is 2.14. The van der Waals surface area contributed by atoms with Crippen molar-refractivity contribution in [1.82, 2.24) is 14.9 Å². The van der Waals surface area contributed by atoms with Gasteiger partial charge in [-0.3, -0.25) is 4.90 Å². The fourth-order valence-electron chi connectivity index (χ4n) is 2.83. The van der Waals surface area contributed by atoms with Gasteiger partial charge in [0, 0.05) is 44.0 Å². The summed E-state index contributed by atoms with van der Waals surface area (Å²) in [4.78, 5) is 11.2. The number of morpholine rings is 1. The summed E-state index contributed by atoms with van der Waals surface area (Å²) in [5, 5.41) is 0. The van der Waals surface area contributed by atoms with Gasteiger partial charge >= 0.3 is 0 Å². The molecule has 1 aliphatic rings. The molecule has 0 saturated carbocycles. The summed E-state index contributed by atoms with van der Waals surface area (Å²) in [5.41, 5.74) is 2.52. The summed E-state index contributed by atoms with van der Waals surface area (Å²) in [6.07, 6.45) is 6.03. The first-order valence-corrected chi connectivity index (χ1v) is 8.01. The first kappa shape index (κ1) is 15.1. The molecule has 0 radical (unpaired) electrons. The Balaban J connectivity index is 1.55. The number of aromatic nitrogens is 2. The van der Waals surface area contributed by atoms with Crippen molar-refractivity contribution in [2.75, 3.05) is 19.7 Å². The van der Waals surface area contributed by atoms with Crippen LogP contribution in [0.2, 0.25) is 0 Å². The summed E-state index contributed by atoms with van der Waals surface area (Å²) < 4.78 is 5.91. The first-order chi connectivity index (χ1) is 10.8. The van der Waals surface area contributed by atoms with Crippen molar-refractivity contribution < 1.29 is 4.74 Å². The van der Waals surface area contributed by atoms with Crippen molar-refractivity contribution >= 4 is 0 Å². The second-order valence-electron chi connectivity index (χ2n) is 5.78. The molecule has 4 nitrogen and oxygen atoms in total. The van der Waals surface area contributed by atoms with Crippen molar-refractivity contribution in [1.29, 1.82) is 0 Å². The molecule has 0 amide bonds. The summed E-state index contributed by atoms with van der Waals surface area (Å²) >= 11 is 0. The molecule has 2 heterocycles. The molecule has 22 heavy (non-hydrogen) atoms. The largest absolute Gasteiger partial charge is 0.375 e. The highest BCUT2D eigenvalue weighted by atomic mass is 16.5. The van der Waals surface area contributed by atoms with Gasteiger partial charge in [0.2, 0.25) is 0 Å². The molecule has 0 N–H and O–H groups in total. The molecule has 116 valence electrons. The predicted octanol–water partition coefficient (Wildman–Crippen LogP) is 2.48. The van der Waals surface area contributed by atoms with Crippen LogP contribution in [0.1, 0.15) is 23.9 Å². The number of hydrogen-bond acceptors (Lipinski definition) is 4. The fourth-order valence-corrected chi connectivity index (χ4v) is 2.83. The number of rotatable bonds is 5. The molecule has 1 fully saturated rings. The van der Waals surface area contributed by atoms with E-state index >= 15 is 0 Å². The molecule has 0 aliphatic carbocycles. The topological polar surface area (TPSA) is 38.2 Å². The van der Waals surface area contributed by atoms with Crippen LogP contribution in [0.3, 0.4) is 0 Å². The van der Waals surface area contributed by atoms with Gasteiger partial charge in [0.05, 0.1) is 12.7 Å². The number of hydrogen-bond donors (Lipinski definition) is 0. The smallest absolute Gasteiger partial charge is 0.127 e. The van der Waals surface area contributed by atoms with Crippen LogP contribution in [0, 0.1) is 0 Å². The molecule has 0 spiro atoms. The summed E-state index contributed by atoms with van der Waals surface area (Å²) in [5.74, 6) is 0.910. The quantitative estimate of drug-likeness (QED) is 0.850. The van der Waals surface area contributed by atoms with E-state index in [4.69, 9.17) is 4.74 Å². The van der Waals surface area contributed by atoms with E-state index in [-0.39, 0.29) is 6.10 Å². The Labute approximate surface area is 132 Å². The van der Waals surface area contributed by atoms with Crippen LogP contribution < -0.4 is 0 Å². The Kier molecular flexibility index (Phi) is 5.14. The van der Waals surface area contributed by atoms with E-state index in [1.807, 2.05) is 12.4 Å². The molecule has 4 heteroatoms. The molecule has 1 atom stereocenters. The molecule has 2 aromatic rings. The monoisotopic (exact) mass is 297 g/mol. The van der Waals surface area contributed by atoms with Crippen molar-refractivity contribution in [3.05, 3.63) is 59.7 Å². The first-order valence-electron chi connectivity index (χ1n) is 8.01. The SMILES string of the molecule is CCc1ncc(CN2CCO[C@H](Cc3ccccc3)C2)cn1. The molecule has 0 bridgehead atoms. The van der Waals surface area contributed by atoms with E-state index < -0.39 is 0 Å². The van der Waals surface area contributed by atoms with Crippen LogP contribution in [0.15, 0.2) is 42.7 Å². The lowest BCUT2D eigenvalue weighted by Gasteiger charge is -2.33. The summed E-state index contributed by atoms with van der Waals surface area (Å²) in [7, 11) is 0. The van der Waals surface area contributed by atoms with Gasteiger partial charge in [-0.15, -0.1) is 0 Å². The standard InChI is InChI=1S/C18H23N3O/c1-2-18-19-11-16(12-20-18)13-21-8-9-22-17(14-21)10-15-6-4-3-5-7-15/h3-7,11-12,17H,2,8-10,13-14H2,1H3/t17-/m1/s1. The molecular formula is C18H23N3O. The van der Waals surface area contributed by atoms with Crippen LogP contribution in [0.5, 0.6) is 0 Å². The van der Waals surface area contributed by atoms with Crippen LogP contribution in [-0.2, 0) is 24.1 Å². The molecule has 1 aromatic heterocycles. The normalized spacial score (nSPS) is 19.2. The average Bonchev–Trinajstić information content (AvgIpc) is 2.57. The maximum Gasteiger partial charge on any atom is 0.127 e. The minimum absolute atomic E-state index is 0.270. The van der Waals surface area contributed by atoms with E-state index in [2.05, 4.69) is 52.1 Å². The van der Waals surface area contributed by atoms with Crippen LogP contribution in [0.4, 0.5) is 0 Å². The maximum absolute atomic E-state index is 5.91. The molecule has 3 rings (SSSR count). The molecule has 1 aromatic carbocycles. The maximum atomic E-state index is 5.91. The van der Waals surface area contributed by atoms with Gasteiger partial charge < -0.3 is 4.74 Å². The van der Waals surface area contributed by atoms with E-state index in [9.17, 15) is 0 Å². The number of benzene rings is 1. The van der Waals surface area contributed by atoms with E-state index in [1.165, 1.54) is 11.1 Å². The minimum Gasteiger partial charge on any atom is -0.375 e. The third kappa shape index (κ3) is 4.12. The van der Waals surface area contributed by atoms with Crippen molar-refractivity contribution in [3.8, 4) is 0 Å². The Morgan fingerprint density at radius 3 is 2.64 bits per heavy atom. The average molecular weight is 297 g/mol. The Bertz CT molecular complexity index is 571. The lowest BCUT2D eigenvalue weighted by Crippen LogP contribution is -2.42. The van der Waals surface area contributed by atoms with E-state index in [0.717, 1.165) is 44.9 Å². The zero-order valence-electron chi connectivity index (χ0n) is 13.1. The summed E-state index contributed by atoms with van der Waals surface area (Å²) in [6, 6.07) is 10.6. The number of nitrogens with zero attached hydrogens (tertiary/aromatic N) is 3. The second kappa shape index (κ2) is 7.47.